The fraction of sp³-hybridized carbons (Fsp3) is 0.259. The Labute approximate surface area is 194 Å². The molecule has 0 aliphatic carbocycles. The van der Waals surface area contributed by atoms with Gasteiger partial charge in [-0.2, -0.15) is 0 Å². The Morgan fingerprint density at radius 2 is 1.36 bits per heavy atom. The minimum absolute atomic E-state index is 0.151. The Kier molecular flexibility index (Phi) is 7.42. The summed E-state index contributed by atoms with van der Waals surface area (Å²) in [5, 5.41) is 29.5. The number of fused-ring (bicyclic) bond motifs is 2. The zero-order valence-corrected chi connectivity index (χ0v) is 18.8. The number of aromatic hydroxyl groups is 2. The number of phenolic OH excluding ortho intramolecular Hbond substituents is 2. The highest BCUT2D eigenvalue weighted by Crippen LogP contribution is 2.46. The first-order valence-corrected chi connectivity index (χ1v) is 11.4. The first-order valence-electron chi connectivity index (χ1n) is 11.4. The van der Waals surface area contributed by atoms with Crippen LogP contribution in [0.1, 0.15) is 5.56 Å². The van der Waals surface area contributed by atoms with Crippen molar-refractivity contribution in [1.29, 1.82) is 0 Å². The van der Waals surface area contributed by atoms with E-state index in [0.29, 0.717) is 30.8 Å². The normalized spacial score (nSPS) is 11.6. The minimum atomic E-state index is 0.151. The van der Waals surface area contributed by atoms with E-state index in [1.54, 1.807) is 6.07 Å². The topological polar surface area (TPSA) is 108 Å². The van der Waals surface area contributed by atoms with E-state index < -0.39 is 0 Å². The molecule has 0 aliphatic heterocycles. The number of benzene rings is 4. The van der Waals surface area contributed by atoms with Crippen molar-refractivity contribution < 1.29 is 10.2 Å². The molecule has 0 unspecified atom stereocenters. The van der Waals surface area contributed by atoms with Gasteiger partial charge in [-0.25, -0.2) is 0 Å². The smallest absolute Gasteiger partial charge is 0.128 e. The molecule has 172 valence electrons. The predicted molar refractivity (Wildman–Crippen MR) is 136 cm³/mol. The number of phenols is 2. The summed E-state index contributed by atoms with van der Waals surface area (Å²) < 4.78 is 0. The molecule has 4 aromatic rings. The lowest BCUT2D eigenvalue weighted by atomic mass is 9.90. The van der Waals surface area contributed by atoms with Crippen molar-refractivity contribution in [2.24, 2.45) is 11.5 Å². The van der Waals surface area contributed by atoms with Crippen LogP contribution in [-0.4, -0.2) is 54.4 Å². The quantitative estimate of drug-likeness (QED) is 0.240. The van der Waals surface area contributed by atoms with Gasteiger partial charge in [0.2, 0.25) is 0 Å². The molecular formula is C27H32N4O2. The fourth-order valence-electron chi connectivity index (χ4n) is 4.47. The van der Waals surface area contributed by atoms with Crippen LogP contribution in [0, 0.1) is 0 Å². The van der Waals surface area contributed by atoms with E-state index >= 15 is 0 Å². The molecule has 4 aromatic carbocycles. The van der Waals surface area contributed by atoms with Crippen molar-refractivity contribution in [3.8, 4) is 22.6 Å². The van der Waals surface area contributed by atoms with E-state index in [-0.39, 0.29) is 11.5 Å². The highest BCUT2D eigenvalue weighted by atomic mass is 16.3. The van der Waals surface area contributed by atoms with Crippen molar-refractivity contribution in [3.05, 3.63) is 72.3 Å². The van der Waals surface area contributed by atoms with Crippen LogP contribution in [0.4, 0.5) is 0 Å². The van der Waals surface area contributed by atoms with Crippen molar-refractivity contribution in [2.75, 3.05) is 39.3 Å². The lowest BCUT2D eigenvalue weighted by molar-refractivity contribution is 0.287. The molecule has 6 nitrogen and oxygen atoms in total. The van der Waals surface area contributed by atoms with Crippen molar-refractivity contribution in [3.63, 3.8) is 0 Å². The molecule has 0 atom stereocenters. The minimum Gasteiger partial charge on any atom is -0.507 e. The van der Waals surface area contributed by atoms with Gasteiger partial charge in [0.25, 0.3) is 0 Å². The molecule has 0 fully saturated rings. The number of nitrogens with two attached hydrogens (primary N) is 2. The van der Waals surface area contributed by atoms with Crippen LogP contribution in [0.3, 0.4) is 0 Å². The summed E-state index contributed by atoms with van der Waals surface area (Å²) in [6.45, 7) is 4.91. The molecule has 4 rings (SSSR count). The summed E-state index contributed by atoms with van der Waals surface area (Å²) >= 11 is 0. The Hall–Kier alpha value is -3.16. The summed E-state index contributed by atoms with van der Waals surface area (Å²) in [7, 11) is 0. The third kappa shape index (κ3) is 4.94. The Bertz CT molecular complexity index is 1240. The average Bonchev–Trinajstić information content (AvgIpc) is 2.83. The second-order valence-electron chi connectivity index (χ2n) is 8.26. The second kappa shape index (κ2) is 10.6. The number of nitrogens with zero attached hydrogens (tertiary/aromatic N) is 1. The first kappa shape index (κ1) is 23.0. The summed E-state index contributed by atoms with van der Waals surface area (Å²) in [4.78, 5) is 2.23. The predicted octanol–water partition coefficient (Wildman–Crippen LogP) is 3.38. The highest BCUT2D eigenvalue weighted by molar-refractivity contribution is 6.10. The van der Waals surface area contributed by atoms with Crippen molar-refractivity contribution in [2.45, 2.75) is 6.54 Å². The second-order valence-corrected chi connectivity index (χ2v) is 8.26. The molecule has 0 saturated heterocycles. The zero-order chi connectivity index (χ0) is 23.2. The zero-order valence-electron chi connectivity index (χ0n) is 18.8. The van der Waals surface area contributed by atoms with E-state index in [2.05, 4.69) is 10.2 Å². The van der Waals surface area contributed by atoms with Gasteiger partial charge < -0.3 is 27.0 Å². The molecule has 33 heavy (non-hydrogen) atoms. The molecule has 0 radical (unpaired) electrons. The molecule has 0 spiro atoms. The highest BCUT2D eigenvalue weighted by Gasteiger charge is 2.19. The van der Waals surface area contributed by atoms with Crippen LogP contribution in [0.2, 0.25) is 0 Å². The third-order valence-electron chi connectivity index (χ3n) is 6.07. The van der Waals surface area contributed by atoms with Crippen LogP contribution in [0.25, 0.3) is 32.7 Å². The van der Waals surface area contributed by atoms with Crippen LogP contribution < -0.4 is 16.8 Å². The SMILES string of the molecule is NCCN(CCN)CCNCc1cc2ccccc2c(-c2c(O)ccc3ccccc23)c1O. The first-order chi connectivity index (χ1) is 16.1. The number of hydrogen-bond donors (Lipinski definition) is 5. The number of rotatable bonds is 10. The van der Waals surface area contributed by atoms with Crippen LogP contribution in [-0.2, 0) is 6.54 Å². The van der Waals surface area contributed by atoms with Gasteiger partial charge in [-0.15, -0.1) is 0 Å². The Morgan fingerprint density at radius 3 is 2.06 bits per heavy atom. The molecule has 0 aliphatic rings. The number of nitrogens with one attached hydrogen (secondary N) is 1. The maximum Gasteiger partial charge on any atom is 0.128 e. The van der Waals surface area contributed by atoms with E-state index in [0.717, 1.165) is 53.3 Å². The molecule has 0 heterocycles. The maximum atomic E-state index is 11.4. The Balaban J connectivity index is 1.71. The van der Waals surface area contributed by atoms with Gasteiger partial charge in [0.15, 0.2) is 0 Å². The molecule has 7 N–H and O–H groups in total. The van der Waals surface area contributed by atoms with Crippen LogP contribution >= 0.6 is 0 Å². The molecular weight excluding hydrogens is 412 g/mol. The lowest BCUT2D eigenvalue weighted by Crippen LogP contribution is -2.38. The van der Waals surface area contributed by atoms with Crippen LogP contribution in [0.15, 0.2) is 66.7 Å². The van der Waals surface area contributed by atoms with E-state index in [1.165, 1.54) is 0 Å². The Morgan fingerprint density at radius 1 is 0.727 bits per heavy atom. The molecule has 0 amide bonds. The van der Waals surface area contributed by atoms with Gasteiger partial charge in [-0.05, 0) is 33.7 Å². The van der Waals surface area contributed by atoms with Gasteiger partial charge in [-0.1, -0.05) is 54.6 Å². The van der Waals surface area contributed by atoms with Gasteiger partial charge in [0.05, 0.1) is 0 Å². The molecule has 0 saturated carbocycles. The van der Waals surface area contributed by atoms with E-state index in [4.69, 9.17) is 11.5 Å². The van der Waals surface area contributed by atoms with Crippen molar-refractivity contribution >= 4 is 21.5 Å². The van der Waals surface area contributed by atoms with Crippen LogP contribution in [0.5, 0.6) is 11.5 Å². The largest absolute Gasteiger partial charge is 0.507 e. The number of hydrogen-bond acceptors (Lipinski definition) is 6. The average molecular weight is 445 g/mol. The summed E-state index contributed by atoms with van der Waals surface area (Å²) in [6, 6.07) is 21.5. The molecule has 0 aromatic heterocycles. The van der Waals surface area contributed by atoms with Gasteiger partial charge in [0.1, 0.15) is 11.5 Å². The summed E-state index contributed by atoms with van der Waals surface area (Å²) in [6.07, 6.45) is 0. The van der Waals surface area contributed by atoms with Gasteiger partial charge in [-0.3, -0.25) is 4.90 Å². The molecule has 0 bridgehead atoms. The van der Waals surface area contributed by atoms with E-state index in [9.17, 15) is 10.2 Å². The lowest BCUT2D eigenvalue weighted by Gasteiger charge is -2.21. The maximum absolute atomic E-state index is 11.4. The fourth-order valence-corrected chi connectivity index (χ4v) is 4.47. The van der Waals surface area contributed by atoms with Gasteiger partial charge >= 0.3 is 0 Å². The monoisotopic (exact) mass is 444 g/mol. The molecule has 6 heteroatoms. The van der Waals surface area contributed by atoms with E-state index in [1.807, 2.05) is 60.7 Å². The van der Waals surface area contributed by atoms with Gasteiger partial charge in [0, 0.05) is 62.5 Å². The standard InChI is InChI=1S/C27H32N4O2/c28-11-14-31(15-12-29)16-13-30-18-21-17-20-6-2-4-8-23(20)26(27(21)33)25-22-7-3-1-5-19(22)9-10-24(25)32/h1-10,17,30,32-33H,11-16,18,28-29H2. The summed E-state index contributed by atoms with van der Waals surface area (Å²) in [5.41, 5.74) is 13.5. The van der Waals surface area contributed by atoms with Crippen molar-refractivity contribution in [1.82, 2.24) is 10.2 Å². The summed E-state index contributed by atoms with van der Waals surface area (Å²) in [5.74, 6) is 0.340. The third-order valence-corrected chi connectivity index (χ3v) is 6.07.